The number of nitrogens with one attached hydrogen (secondary N) is 1. The zero-order valence-corrected chi connectivity index (χ0v) is 10.7. The minimum Gasteiger partial charge on any atom is -0.396 e. The molecule has 2 aliphatic rings. The van der Waals surface area contributed by atoms with E-state index in [1.54, 1.807) is 0 Å². The van der Waals surface area contributed by atoms with Gasteiger partial charge in [0, 0.05) is 24.3 Å². The van der Waals surface area contributed by atoms with Crippen molar-refractivity contribution < 1.29 is 15.3 Å². The van der Waals surface area contributed by atoms with Gasteiger partial charge in [-0.1, -0.05) is 25.1 Å². The first-order valence-corrected chi connectivity index (χ1v) is 7.02. The average molecular weight is 260 g/mol. The van der Waals surface area contributed by atoms with Gasteiger partial charge >= 0.3 is 0 Å². The highest BCUT2D eigenvalue weighted by molar-refractivity contribution is 8.14. The van der Waals surface area contributed by atoms with Gasteiger partial charge < -0.3 is 20.6 Å². The summed E-state index contributed by atoms with van der Waals surface area (Å²) in [5.41, 5.74) is 0. The molecule has 17 heavy (non-hydrogen) atoms. The number of amidine groups is 1. The zero-order chi connectivity index (χ0) is 12.4. The predicted molar refractivity (Wildman–Crippen MR) is 68.1 cm³/mol. The van der Waals surface area contributed by atoms with Gasteiger partial charge in [0.1, 0.15) is 6.10 Å². The third kappa shape index (κ3) is 2.45. The Morgan fingerprint density at radius 2 is 2.12 bits per heavy atom. The van der Waals surface area contributed by atoms with Crippen LogP contribution in [0.25, 0.3) is 0 Å². The number of aliphatic imine (C=N–C) groups is 1. The Bertz CT molecular complexity index is 300. The summed E-state index contributed by atoms with van der Waals surface area (Å²) in [5.74, 6) is -0.283. The van der Waals surface area contributed by atoms with Gasteiger partial charge in [0.25, 0.3) is 0 Å². The first kappa shape index (κ1) is 13.1. The normalized spacial score (nSPS) is 40.2. The average Bonchev–Trinajstić information content (AvgIpc) is 2.81. The fourth-order valence-electron chi connectivity index (χ4n) is 2.37. The van der Waals surface area contributed by atoms with E-state index in [1.807, 2.05) is 0 Å². The van der Waals surface area contributed by atoms with E-state index in [0.717, 1.165) is 24.6 Å². The second kappa shape index (κ2) is 5.56. The summed E-state index contributed by atoms with van der Waals surface area (Å²) < 4.78 is 0. The molecule has 5 atom stereocenters. The number of hydrogen-bond acceptors (Lipinski definition) is 6. The molecule has 1 saturated carbocycles. The minimum atomic E-state index is -0.858. The van der Waals surface area contributed by atoms with Crippen LogP contribution in [0.4, 0.5) is 0 Å². The Morgan fingerprint density at radius 1 is 1.35 bits per heavy atom. The van der Waals surface area contributed by atoms with Crippen molar-refractivity contribution in [2.45, 2.75) is 43.3 Å². The molecule has 1 aliphatic carbocycles. The van der Waals surface area contributed by atoms with Crippen LogP contribution in [0.1, 0.15) is 19.8 Å². The molecule has 1 fully saturated rings. The van der Waals surface area contributed by atoms with E-state index in [4.69, 9.17) is 0 Å². The highest BCUT2D eigenvalue weighted by Gasteiger charge is 2.52. The maximum atomic E-state index is 9.85. The first-order chi connectivity index (χ1) is 8.19. The van der Waals surface area contributed by atoms with E-state index in [-0.39, 0.29) is 23.8 Å². The summed E-state index contributed by atoms with van der Waals surface area (Å²) in [7, 11) is 0. The van der Waals surface area contributed by atoms with E-state index in [2.05, 4.69) is 17.2 Å². The van der Waals surface area contributed by atoms with Gasteiger partial charge in [0.05, 0.1) is 12.1 Å². The Labute approximate surface area is 105 Å². The van der Waals surface area contributed by atoms with Crippen LogP contribution in [0.15, 0.2) is 4.99 Å². The van der Waals surface area contributed by atoms with Crippen LogP contribution in [0, 0.1) is 5.92 Å². The smallest absolute Gasteiger partial charge is 0.157 e. The molecule has 4 N–H and O–H groups in total. The van der Waals surface area contributed by atoms with Crippen molar-refractivity contribution in [2.75, 3.05) is 13.2 Å². The lowest BCUT2D eigenvalue weighted by Crippen LogP contribution is -2.32. The first-order valence-electron chi connectivity index (χ1n) is 6.14. The van der Waals surface area contributed by atoms with Crippen LogP contribution >= 0.6 is 11.8 Å². The number of aliphatic hydroxyl groups is 3. The van der Waals surface area contributed by atoms with Gasteiger partial charge in [-0.3, -0.25) is 4.99 Å². The lowest BCUT2D eigenvalue weighted by atomic mass is 10.1. The van der Waals surface area contributed by atoms with E-state index < -0.39 is 12.2 Å². The lowest BCUT2D eigenvalue weighted by Gasteiger charge is -2.17. The molecular weight excluding hydrogens is 240 g/mol. The Hall–Kier alpha value is -0.300. The molecule has 5 nitrogen and oxygen atoms in total. The third-order valence-corrected chi connectivity index (χ3v) is 4.80. The Kier molecular flexibility index (Phi) is 4.30. The largest absolute Gasteiger partial charge is 0.396 e. The van der Waals surface area contributed by atoms with Crippen LogP contribution < -0.4 is 5.32 Å². The molecule has 6 heteroatoms. The minimum absolute atomic E-state index is 0.00544. The van der Waals surface area contributed by atoms with Gasteiger partial charge in [0.2, 0.25) is 0 Å². The summed E-state index contributed by atoms with van der Waals surface area (Å²) in [4.78, 5) is 4.40. The van der Waals surface area contributed by atoms with Crippen LogP contribution in [0.5, 0.6) is 0 Å². The zero-order valence-electron chi connectivity index (χ0n) is 9.91. The molecule has 1 heterocycles. The SMILES string of the molecule is CCCCNC1=N[C@@H]2[C@@H](O)[C@H](O)[C@@H](CO)[C@@H]2S1. The van der Waals surface area contributed by atoms with Crippen molar-refractivity contribution in [1.82, 2.24) is 5.32 Å². The molecule has 0 radical (unpaired) electrons. The van der Waals surface area contributed by atoms with Gasteiger partial charge in [-0.25, -0.2) is 0 Å². The molecule has 0 bridgehead atoms. The molecule has 0 aromatic heterocycles. The Balaban J connectivity index is 1.95. The van der Waals surface area contributed by atoms with Gasteiger partial charge in [-0.2, -0.15) is 0 Å². The monoisotopic (exact) mass is 260 g/mol. The number of rotatable bonds is 4. The van der Waals surface area contributed by atoms with Crippen molar-refractivity contribution in [1.29, 1.82) is 0 Å². The molecule has 0 spiro atoms. The van der Waals surface area contributed by atoms with E-state index in [1.165, 1.54) is 11.8 Å². The van der Waals surface area contributed by atoms with E-state index >= 15 is 0 Å². The number of aliphatic hydroxyl groups excluding tert-OH is 3. The van der Waals surface area contributed by atoms with E-state index in [0.29, 0.717) is 0 Å². The highest BCUT2D eigenvalue weighted by Crippen LogP contribution is 2.42. The fraction of sp³-hybridized carbons (Fsp3) is 0.909. The molecule has 1 aliphatic heterocycles. The standard InChI is InChI=1S/C11H20N2O3S/c1-2-3-4-12-11-13-7-9(16)8(15)6(5-14)10(7)17-11/h6-10,14-16H,2-5H2,1H3,(H,12,13)/t6-,7-,8-,9-,10+/m1/s1. The van der Waals surface area contributed by atoms with Gasteiger partial charge in [0.15, 0.2) is 5.17 Å². The summed E-state index contributed by atoms with van der Waals surface area (Å²) in [6.45, 7) is 2.90. The van der Waals surface area contributed by atoms with Crippen molar-refractivity contribution in [2.24, 2.45) is 10.9 Å². The number of hydrogen-bond donors (Lipinski definition) is 4. The number of thioether (sulfide) groups is 1. The molecule has 0 saturated heterocycles. The fourth-order valence-corrected chi connectivity index (χ4v) is 3.78. The second-order valence-corrected chi connectivity index (χ2v) is 5.78. The molecular formula is C11H20N2O3S. The van der Waals surface area contributed by atoms with Crippen molar-refractivity contribution in [3.8, 4) is 0 Å². The third-order valence-electron chi connectivity index (χ3n) is 3.43. The highest BCUT2D eigenvalue weighted by atomic mass is 32.2. The summed E-state index contributed by atoms with van der Waals surface area (Å²) >= 11 is 1.53. The van der Waals surface area contributed by atoms with Crippen molar-refractivity contribution in [3.05, 3.63) is 0 Å². The molecule has 2 rings (SSSR count). The maximum absolute atomic E-state index is 9.85. The molecule has 0 amide bonds. The second-order valence-electron chi connectivity index (χ2n) is 4.62. The maximum Gasteiger partial charge on any atom is 0.157 e. The molecule has 0 aromatic carbocycles. The number of unbranched alkanes of at least 4 members (excludes halogenated alkanes) is 1. The number of fused-ring (bicyclic) bond motifs is 1. The van der Waals surface area contributed by atoms with Crippen LogP contribution in [0.2, 0.25) is 0 Å². The topological polar surface area (TPSA) is 85.1 Å². The number of nitrogens with zero attached hydrogens (tertiary/aromatic N) is 1. The lowest BCUT2D eigenvalue weighted by molar-refractivity contribution is 0.00329. The van der Waals surface area contributed by atoms with Crippen LogP contribution in [-0.2, 0) is 0 Å². The van der Waals surface area contributed by atoms with E-state index in [9.17, 15) is 15.3 Å². The van der Waals surface area contributed by atoms with Crippen molar-refractivity contribution >= 4 is 16.9 Å². The van der Waals surface area contributed by atoms with Gasteiger partial charge in [-0.05, 0) is 6.42 Å². The van der Waals surface area contributed by atoms with Crippen LogP contribution in [-0.4, -0.2) is 57.1 Å². The summed E-state index contributed by atoms with van der Waals surface area (Å²) in [6.07, 6.45) is 0.501. The predicted octanol–water partition coefficient (Wildman–Crippen LogP) is -0.440. The summed E-state index contributed by atoms with van der Waals surface area (Å²) in [5, 5.41) is 32.9. The quantitative estimate of drug-likeness (QED) is 0.515. The molecule has 0 aromatic rings. The summed E-state index contributed by atoms with van der Waals surface area (Å²) in [6, 6.07) is -0.281. The Morgan fingerprint density at radius 3 is 2.76 bits per heavy atom. The molecule has 98 valence electrons. The van der Waals surface area contributed by atoms with Crippen molar-refractivity contribution in [3.63, 3.8) is 0 Å². The molecule has 0 unspecified atom stereocenters. The van der Waals surface area contributed by atoms with Crippen LogP contribution in [0.3, 0.4) is 0 Å². The van der Waals surface area contributed by atoms with Gasteiger partial charge in [-0.15, -0.1) is 0 Å².